The first kappa shape index (κ1) is 23.1. The molecular weight excluding hydrogens is 420 g/mol. The highest BCUT2D eigenvalue weighted by molar-refractivity contribution is 7.89. The van der Waals surface area contributed by atoms with Crippen LogP contribution in [-0.2, 0) is 27.9 Å². The molecule has 0 atom stereocenters. The maximum absolute atomic E-state index is 12.8. The van der Waals surface area contributed by atoms with Gasteiger partial charge in [-0.15, -0.1) is 0 Å². The number of amides is 1. The van der Waals surface area contributed by atoms with Gasteiger partial charge in [0.05, 0.1) is 20.0 Å². The standard InChI is InChI=1S/C21H30N4O5S/c1-4-30-18-6-5-17(11-19(18)29-3)12-22-20(26)13-24-14-21(23-15-24)31(27,28)25-9-7-16(2)8-10-25/h5-6,11,14-16H,4,7-10,12-13H2,1-3H3,(H,22,26). The van der Waals surface area contributed by atoms with E-state index in [0.717, 1.165) is 18.4 Å². The number of aromatic nitrogens is 2. The van der Waals surface area contributed by atoms with E-state index in [1.807, 2.05) is 19.1 Å². The van der Waals surface area contributed by atoms with Crippen LogP contribution < -0.4 is 14.8 Å². The molecule has 0 bridgehead atoms. The first-order chi connectivity index (χ1) is 14.8. The highest BCUT2D eigenvalue weighted by atomic mass is 32.2. The van der Waals surface area contributed by atoms with Gasteiger partial charge in [-0.25, -0.2) is 13.4 Å². The minimum Gasteiger partial charge on any atom is -0.493 e. The molecular formula is C21H30N4O5S. The van der Waals surface area contributed by atoms with Gasteiger partial charge in [0.2, 0.25) is 5.91 Å². The third-order valence-corrected chi connectivity index (χ3v) is 7.08. The monoisotopic (exact) mass is 450 g/mol. The Kier molecular flexibility index (Phi) is 7.55. The lowest BCUT2D eigenvalue weighted by Crippen LogP contribution is -2.38. The number of imidazole rings is 1. The lowest BCUT2D eigenvalue weighted by Gasteiger charge is -2.28. The number of carbonyl (C=O) groups is 1. The number of rotatable bonds is 9. The van der Waals surface area contributed by atoms with E-state index < -0.39 is 10.0 Å². The fourth-order valence-electron chi connectivity index (χ4n) is 3.44. The Hall–Kier alpha value is -2.59. The van der Waals surface area contributed by atoms with E-state index in [0.29, 0.717) is 43.7 Å². The number of hydrogen-bond donors (Lipinski definition) is 1. The molecule has 1 aromatic heterocycles. The summed E-state index contributed by atoms with van der Waals surface area (Å²) in [4.78, 5) is 16.4. The lowest BCUT2D eigenvalue weighted by molar-refractivity contribution is -0.121. The van der Waals surface area contributed by atoms with Gasteiger partial charge < -0.3 is 19.4 Å². The van der Waals surface area contributed by atoms with E-state index in [4.69, 9.17) is 9.47 Å². The molecule has 31 heavy (non-hydrogen) atoms. The van der Waals surface area contributed by atoms with Crippen molar-refractivity contribution < 1.29 is 22.7 Å². The van der Waals surface area contributed by atoms with Gasteiger partial charge in [0.25, 0.3) is 10.0 Å². The molecule has 3 rings (SSSR count). The molecule has 1 aliphatic rings. The molecule has 0 spiro atoms. The zero-order valence-electron chi connectivity index (χ0n) is 18.2. The van der Waals surface area contributed by atoms with Crippen LogP contribution >= 0.6 is 0 Å². The second kappa shape index (κ2) is 10.1. The van der Waals surface area contributed by atoms with Crippen LogP contribution in [-0.4, -0.2) is 55.0 Å². The van der Waals surface area contributed by atoms with Crippen molar-refractivity contribution in [1.82, 2.24) is 19.2 Å². The molecule has 1 aliphatic heterocycles. The minimum absolute atomic E-state index is 0.0201. The number of methoxy groups -OCH3 is 1. The summed E-state index contributed by atoms with van der Waals surface area (Å²) >= 11 is 0. The molecule has 0 unspecified atom stereocenters. The van der Waals surface area contributed by atoms with Crippen LogP contribution in [0.3, 0.4) is 0 Å². The molecule has 1 aromatic carbocycles. The molecule has 0 aliphatic carbocycles. The number of nitrogens with one attached hydrogen (secondary N) is 1. The number of nitrogens with zero attached hydrogens (tertiary/aromatic N) is 3. The molecule has 0 saturated carbocycles. The van der Waals surface area contributed by atoms with Crippen LogP contribution in [0.1, 0.15) is 32.3 Å². The largest absolute Gasteiger partial charge is 0.493 e. The quantitative estimate of drug-likeness (QED) is 0.627. The number of piperidine rings is 1. The minimum atomic E-state index is -3.63. The maximum Gasteiger partial charge on any atom is 0.262 e. The average molecular weight is 451 g/mol. The predicted octanol–water partition coefficient (Wildman–Crippen LogP) is 2.03. The summed E-state index contributed by atoms with van der Waals surface area (Å²) in [6.07, 6.45) is 4.48. The molecule has 9 nitrogen and oxygen atoms in total. The van der Waals surface area contributed by atoms with Crippen LogP contribution in [0.5, 0.6) is 11.5 Å². The van der Waals surface area contributed by atoms with Crippen molar-refractivity contribution in [3.05, 3.63) is 36.3 Å². The van der Waals surface area contributed by atoms with Gasteiger partial charge >= 0.3 is 0 Å². The Labute approximate surface area is 183 Å². The van der Waals surface area contributed by atoms with Crippen molar-refractivity contribution >= 4 is 15.9 Å². The lowest BCUT2D eigenvalue weighted by atomic mass is 10.0. The number of ether oxygens (including phenoxy) is 2. The zero-order chi connectivity index (χ0) is 22.4. The van der Waals surface area contributed by atoms with Crippen LogP contribution in [0.4, 0.5) is 0 Å². The summed E-state index contributed by atoms with van der Waals surface area (Å²) in [6, 6.07) is 5.47. The Morgan fingerprint density at radius 2 is 2.00 bits per heavy atom. The summed E-state index contributed by atoms with van der Waals surface area (Å²) in [7, 11) is -2.06. The van der Waals surface area contributed by atoms with Gasteiger partial charge in [0.15, 0.2) is 16.5 Å². The fraction of sp³-hybridized carbons (Fsp3) is 0.524. The van der Waals surface area contributed by atoms with Crippen molar-refractivity contribution in [2.45, 2.75) is 44.8 Å². The van der Waals surface area contributed by atoms with Gasteiger partial charge in [-0.3, -0.25) is 4.79 Å². The van der Waals surface area contributed by atoms with E-state index in [-0.39, 0.29) is 17.5 Å². The second-order valence-corrected chi connectivity index (χ2v) is 9.55. The van der Waals surface area contributed by atoms with Crippen molar-refractivity contribution in [3.63, 3.8) is 0 Å². The number of sulfonamides is 1. The molecule has 1 saturated heterocycles. The van der Waals surface area contributed by atoms with E-state index in [1.54, 1.807) is 13.2 Å². The van der Waals surface area contributed by atoms with Crippen LogP contribution in [0, 0.1) is 5.92 Å². The van der Waals surface area contributed by atoms with Crippen molar-refractivity contribution in [1.29, 1.82) is 0 Å². The molecule has 2 aromatic rings. The highest BCUT2D eigenvalue weighted by Crippen LogP contribution is 2.28. The highest BCUT2D eigenvalue weighted by Gasteiger charge is 2.29. The molecule has 170 valence electrons. The first-order valence-corrected chi connectivity index (χ1v) is 11.9. The Bertz CT molecular complexity index is 997. The molecule has 10 heteroatoms. The predicted molar refractivity (Wildman–Crippen MR) is 115 cm³/mol. The van der Waals surface area contributed by atoms with E-state index in [1.165, 1.54) is 21.4 Å². The summed E-state index contributed by atoms with van der Waals surface area (Å²) < 4.78 is 39.3. The SMILES string of the molecule is CCOc1ccc(CNC(=O)Cn2cnc(S(=O)(=O)N3CCC(C)CC3)c2)cc1OC. The van der Waals surface area contributed by atoms with Gasteiger partial charge in [0, 0.05) is 25.8 Å². The summed E-state index contributed by atoms with van der Waals surface area (Å²) in [6.45, 7) is 5.85. The van der Waals surface area contributed by atoms with Crippen molar-refractivity contribution in [2.24, 2.45) is 5.92 Å². The first-order valence-electron chi connectivity index (χ1n) is 10.4. The van der Waals surface area contributed by atoms with Crippen LogP contribution in [0.15, 0.2) is 35.7 Å². The molecule has 0 radical (unpaired) electrons. The third-order valence-electron chi connectivity index (χ3n) is 5.30. The van der Waals surface area contributed by atoms with Gasteiger partial charge in [-0.2, -0.15) is 4.31 Å². The average Bonchev–Trinajstić information content (AvgIpc) is 3.23. The summed E-state index contributed by atoms with van der Waals surface area (Å²) in [5.74, 6) is 1.53. The van der Waals surface area contributed by atoms with Gasteiger partial charge in [0.1, 0.15) is 6.54 Å². The van der Waals surface area contributed by atoms with Crippen LogP contribution in [0.25, 0.3) is 0 Å². The number of carbonyl (C=O) groups excluding carboxylic acids is 1. The molecule has 2 heterocycles. The van der Waals surface area contributed by atoms with E-state index in [2.05, 4.69) is 17.2 Å². The zero-order valence-corrected chi connectivity index (χ0v) is 19.0. The summed E-state index contributed by atoms with van der Waals surface area (Å²) in [5, 5.41) is 2.80. The summed E-state index contributed by atoms with van der Waals surface area (Å²) in [5.41, 5.74) is 0.863. The van der Waals surface area contributed by atoms with Gasteiger partial charge in [-0.1, -0.05) is 13.0 Å². The van der Waals surface area contributed by atoms with Gasteiger partial charge in [-0.05, 0) is 43.4 Å². The van der Waals surface area contributed by atoms with Crippen molar-refractivity contribution in [2.75, 3.05) is 26.8 Å². The Balaban J connectivity index is 1.56. The topological polar surface area (TPSA) is 103 Å². The molecule has 1 fully saturated rings. The van der Waals surface area contributed by atoms with E-state index >= 15 is 0 Å². The normalized spacial score (nSPS) is 15.6. The van der Waals surface area contributed by atoms with Crippen LogP contribution in [0.2, 0.25) is 0 Å². The van der Waals surface area contributed by atoms with E-state index in [9.17, 15) is 13.2 Å². The third kappa shape index (κ3) is 5.76. The Morgan fingerprint density at radius 3 is 2.68 bits per heavy atom. The molecule has 1 amide bonds. The van der Waals surface area contributed by atoms with Crippen molar-refractivity contribution in [3.8, 4) is 11.5 Å². The second-order valence-electron chi connectivity index (χ2n) is 7.67. The Morgan fingerprint density at radius 1 is 1.26 bits per heavy atom. The number of hydrogen-bond acceptors (Lipinski definition) is 6. The maximum atomic E-state index is 12.8. The molecule has 1 N–H and O–H groups in total. The number of benzene rings is 1. The smallest absolute Gasteiger partial charge is 0.262 e. The fourth-order valence-corrected chi connectivity index (χ4v) is 4.84.